The molecule has 0 unspecified atom stereocenters. The molecule has 25 heavy (non-hydrogen) atoms. The lowest BCUT2D eigenvalue weighted by Gasteiger charge is -2.02. The van der Waals surface area contributed by atoms with Crippen LogP contribution < -0.4 is 0 Å². The number of aromatic nitrogens is 2. The number of benzene rings is 1. The molecule has 0 aliphatic rings. The number of halogens is 1. The van der Waals surface area contributed by atoms with Gasteiger partial charge in [0, 0.05) is 28.6 Å². The van der Waals surface area contributed by atoms with E-state index in [9.17, 15) is 4.79 Å². The molecular weight excluding hydrogens is 344 g/mol. The summed E-state index contributed by atoms with van der Waals surface area (Å²) in [5.41, 5.74) is 3.15. The maximum atomic E-state index is 11.9. The van der Waals surface area contributed by atoms with Crippen molar-refractivity contribution in [1.29, 1.82) is 0 Å². The predicted molar refractivity (Wildman–Crippen MR) is 91.0 cm³/mol. The number of carbonyl (C=O) groups is 1. The van der Waals surface area contributed by atoms with Gasteiger partial charge in [-0.15, -0.1) is 0 Å². The van der Waals surface area contributed by atoms with Gasteiger partial charge in [0.2, 0.25) is 0 Å². The third-order valence-corrected chi connectivity index (χ3v) is 4.08. The zero-order valence-electron chi connectivity index (χ0n) is 13.9. The fraction of sp³-hybridized carbons (Fsp3) is 0.278. The van der Waals surface area contributed by atoms with E-state index < -0.39 is 0 Å². The molecular formula is C18H17ClN2O4. The van der Waals surface area contributed by atoms with E-state index in [-0.39, 0.29) is 19.0 Å². The largest absolute Gasteiger partial charge is 0.459 e. The smallest absolute Gasteiger partial charge is 0.306 e. The Labute approximate surface area is 149 Å². The summed E-state index contributed by atoms with van der Waals surface area (Å²) in [5, 5.41) is 8.43. The summed E-state index contributed by atoms with van der Waals surface area (Å²) >= 11 is 5.86. The molecule has 6 nitrogen and oxygen atoms in total. The van der Waals surface area contributed by atoms with E-state index in [0.29, 0.717) is 22.9 Å². The maximum absolute atomic E-state index is 11.9. The van der Waals surface area contributed by atoms with Crippen LogP contribution in [-0.4, -0.2) is 16.3 Å². The average molecular weight is 361 g/mol. The van der Waals surface area contributed by atoms with Gasteiger partial charge in [-0.1, -0.05) is 21.9 Å². The fourth-order valence-electron chi connectivity index (χ4n) is 2.44. The molecule has 0 saturated carbocycles. The van der Waals surface area contributed by atoms with E-state index in [0.717, 1.165) is 22.6 Å². The van der Waals surface area contributed by atoms with Crippen molar-refractivity contribution in [3.63, 3.8) is 0 Å². The second-order valence-corrected chi connectivity index (χ2v) is 6.09. The number of carbonyl (C=O) groups excluding carboxylic acids is 1. The first kappa shape index (κ1) is 17.2. The molecule has 3 rings (SSSR count). The first-order chi connectivity index (χ1) is 12.0. The highest BCUT2D eigenvalue weighted by molar-refractivity contribution is 6.30. The lowest BCUT2D eigenvalue weighted by Crippen LogP contribution is -2.06. The molecule has 0 N–H and O–H groups in total. The van der Waals surface area contributed by atoms with Crippen molar-refractivity contribution in [3.05, 3.63) is 58.1 Å². The number of hydrogen-bond acceptors (Lipinski definition) is 6. The van der Waals surface area contributed by atoms with Crippen molar-refractivity contribution in [2.24, 2.45) is 0 Å². The molecule has 2 heterocycles. The van der Waals surface area contributed by atoms with Gasteiger partial charge in [-0.2, -0.15) is 0 Å². The first-order valence-electron chi connectivity index (χ1n) is 7.82. The van der Waals surface area contributed by atoms with E-state index >= 15 is 0 Å². The lowest BCUT2D eigenvalue weighted by molar-refractivity contribution is -0.145. The molecule has 2 aromatic heterocycles. The standard InChI is InChI=1S/C18H17ClN2O4/c1-11-16(12(2)24-20-11)7-8-18(22)23-10-15-9-17(25-21-15)13-3-5-14(19)6-4-13/h3-6,9H,7-8,10H2,1-2H3. The lowest BCUT2D eigenvalue weighted by atomic mass is 10.1. The van der Waals surface area contributed by atoms with Gasteiger partial charge in [0.05, 0.1) is 5.69 Å². The Hall–Kier alpha value is -2.60. The molecule has 0 aliphatic carbocycles. The Bertz CT molecular complexity index is 848. The summed E-state index contributed by atoms with van der Waals surface area (Å²) in [7, 11) is 0. The van der Waals surface area contributed by atoms with Gasteiger partial charge in [0.25, 0.3) is 0 Å². The van der Waals surface area contributed by atoms with Gasteiger partial charge in [0.15, 0.2) is 5.76 Å². The van der Waals surface area contributed by atoms with Gasteiger partial charge in [0.1, 0.15) is 18.1 Å². The Kier molecular flexibility index (Phi) is 5.19. The molecule has 0 fully saturated rings. The highest BCUT2D eigenvalue weighted by Crippen LogP contribution is 2.22. The van der Waals surface area contributed by atoms with E-state index in [4.69, 9.17) is 25.4 Å². The van der Waals surface area contributed by atoms with Gasteiger partial charge in [-0.25, -0.2) is 0 Å². The SMILES string of the molecule is Cc1noc(C)c1CCC(=O)OCc1cc(-c2ccc(Cl)cc2)on1. The zero-order valence-corrected chi connectivity index (χ0v) is 14.7. The summed E-state index contributed by atoms with van der Waals surface area (Å²) in [6.45, 7) is 3.75. The van der Waals surface area contributed by atoms with Crippen LogP contribution in [-0.2, 0) is 22.6 Å². The Morgan fingerprint density at radius 1 is 1.16 bits per heavy atom. The molecule has 0 spiro atoms. The van der Waals surface area contributed by atoms with Crippen LogP contribution in [0.4, 0.5) is 0 Å². The molecule has 0 radical (unpaired) electrons. The molecule has 0 saturated heterocycles. The topological polar surface area (TPSA) is 78.4 Å². The Balaban J connectivity index is 1.52. The van der Waals surface area contributed by atoms with Crippen LogP contribution in [0.25, 0.3) is 11.3 Å². The molecule has 0 bridgehead atoms. The number of ether oxygens (including phenoxy) is 1. The van der Waals surface area contributed by atoms with Gasteiger partial charge in [-0.05, 0) is 44.5 Å². The minimum absolute atomic E-state index is 0.0670. The molecule has 0 aliphatic heterocycles. The third-order valence-electron chi connectivity index (χ3n) is 3.83. The van der Waals surface area contributed by atoms with Crippen LogP contribution in [0.2, 0.25) is 5.02 Å². The summed E-state index contributed by atoms with van der Waals surface area (Å²) < 4.78 is 15.6. The Morgan fingerprint density at radius 3 is 2.60 bits per heavy atom. The number of esters is 1. The second-order valence-electron chi connectivity index (χ2n) is 5.65. The second kappa shape index (κ2) is 7.53. The quantitative estimate of drug-likeness (QED) is 0.610. The van der Waals surface area contributed by atoms with Gasteiger partial charge < -0.3 is 13.8 Å². The third kappa shape index (κ3) is 4.28. The highest BCUT2D eigenvalue weighted by atomic mass is 35.5. The number of rotatable bonds is 6. The van der Waals surface area contributed by atoms with Crippen LogP contribution in [0.15, 0.2) is 39.4 Å². The molecule has 0 atom stereocenters. The van der Waals surface area contributed by atoms with Crippen LogP contribution >= 0.6 is 11.6 Å². The summed E-state index contributed by atoms with van der Waals surface area (Å²) in [6.07, 6.45) is 0.791. The van der Waals surface area contributed by atoms with Crippen LogP contribution in [0.3, 0.4) is 0 Å². The van der Waals surface area contributed by atoms with E-state index in [2.05, 4.69) is 10.3 Å². The van der Waals surface area contributed by atoms with E-state index in [1.165, 1.54) is 0 Å². The van der Waals surface area contributed by atoms with Crippen LogP contribution in [0.5, 0.6) is 0 Å². The number of aryl methyl sites for hydroxylation is 2. The van der Waals surface area contributed by atoms with E-state index in [1.807, 2.05) is 26.0 Å². The van der Waals surface area contributed by atoms with Crippen molar-refractivity contribution in [2.75, 3.05) is 0 Å². The fourth-order valence-corrected chi connectivity index (χ4v) is 2.57. The summed E-state index contributed by atoms with van der Waals surface area (Å²) in [6, 6.07) is 8.96. The van der Waals surface area contributed by atoms with Crippen LogP contribution in [0.1, 0.15) is 29.1 Å². The van der Waals surface area contributed by atoms with Crippen molar-refractivity contribution in [1.82, 2.24) is 10.3 Å². The van der Waals surface area contributed by atoms with Crippen molar-refractivity contribution >= 4 is 17.6 Å². The minimum Gasteiger partial charge on any atom is -0.459 e. The monoisotopic (exact) mass is 360 g/mol. The van der Waals surface area contributed by atoms with E-state index in [1.54, 1.807) is 18.2 Å². The molecule has 0 amide bonds. The van der Waals surface area contributed by atoms with Gasteiger partial charge >= 0.3 is 5.97 Å². The van der Waals surface area contributed by atoms with Gasteiger partial charge in [-0.3, -0.25) is 4.79 Å². The predicted octanol–water partition coefficient (Wildman–Crippen LogP) is 4.28. The van der Waals surface area contributed by atoms with Crippen molar-refractivity contribution in [3.8, 4) is 11.3 Å². The minimum atomic E-state index is -0.309. The summed E-state index contributed by atoms with van der Waals surface area (Å²) in [4.78, 5) is 11.9. The highest BCUT2D eigenvalue weighted by Gasteiger charge is 2.13. The average Bonchev–Trinajstić information content (AvgIpc) is 3.19. The number of hydrogen-bond donors (Lipinski definition) is 0. The maximum Gasteiger partial charge on any atom is 0.306 e. The molecule has 1 aromatic carbocycles. The summed E-state index contributed by atoms with van der Waals surface area (Å²) in [5.74, 6) is 1.02. The Morgan fingerprint density at radius 2 is 1.92 bits per heavy atom. The van der Waals surface area contributed by atoms with Crippen LogP contribution in [0, 0.1) is 13.8 Å². The molecule has 130 valence electrons. The van der Waals surface area contributed by atoms with Crippen molar-refractivity contribution < 1.29 is 18.6 Å². The zero-order chi connectivity index (χ0) is 17.8. The molecule has 7 heteroatoms. The normalized spacial score (nSPS) is 10.8. The molecule has 3 aromatic rings. The first-order valence-corrected chi connectivity index (χ1v) is 8.19. The number of nitrogens with zero attached hydrogens (tertiary/aromatic N) is 2. The van der Waals surface area contributed by atoms with Crippen molar-refractivity contribution in [2.45, 2.75) is 33.3 Å².